The van der Waals surface area contributed by atoms with Gasteiger partial charge in [-0.1, -0.05) is 15.9 Å². The quantitative estimate of drug-likeness (QED) is 0.581. The van der Waals surface area contributed by atoms with Crippen molar-refractivity contribution in [3.05, 3.63) is 28.5 Å². The minimum atomic E-state index is -4.32. The molecule has 2 nitrogen and oxygen atoms in total. The summed E-state index contributed by atoms with van der Waals surface area (Å²) in [5.74, 6) is -0.463. The Morgan fingerprint density at radius 2 is 1.89 bits per heavy atom. The fraction of sp³-hybridized carbons (Fsp3) is 0.455. The number of ether oxygens (including phenoxy) is 2. The molecule has 0 aliphatic rings. The lowest BCUT2D eigenvalue weighted by Crippen LogP contribution is -2.18. The monoisotopic (exact) mass is 330 g/mol. The SMILES string of the molecule is Fc1ccc(Br)cc1OCCCOCC(F)(F)F. The molecule has 1 aromatic rings. The zero-order chi connectivity index (χ0) is 13.6. The molecule has 0 heterocycles. The van der Waals surface area contributed by atoms with Crippen LogP contribution in [0.25, 0.3) is 0 Å². The Labute approximate surface area is 110 Å². The van der Waals surface area contributed by atoms with Gasteiger partial charge in [0.25, 0.3) is 0 Å². The summed E-state index contributed by atoms with van der Waals surface area (Å²) in [7, 11) is 0. The first-order chi connectivity index (χ1) is 8.38. The maximum absolute atomic E-state index is 13.2. The first kappa shape index (κ1) is 15.2. The van der Waals surface area contributed by atoms with Crippen LogP contribution >= 0.6 is 15.9 Å². The second-order valence-corrected chi connectivity index (χ2v) is 4.36. The van der Waals surface area contributed by atoms with E-state index in [1.165, 1.54) is 18.2 Å². The van der Waals surface area contributed by atoms with E-state index in [2.05, 4.69) is 20.7 Å². The van der Waals surface area contributed by atoms with Crippen LogP contribution in [0.15, 0.2) is 22.7 Å². The highest BCUT2D eigenvalue weighted by Gasteiger charge is 2.27. The molecule has 1 aromatic carbocycles. The number of benzene rings is 1. The highest BCUT2D eigenvalue weighted by atomic mass is 79.9. The van der Waals surface area contributed by atoms with Crippen molar-refractivity contribution in [2.45, 2.75) is 12.6 Å². The van der Waals surface area contributed by atoms with E-state index in [0.29, 0.717) is 4.47 Å². The van der Waals surface area contributed by atoms with Crippen molar-refractivity contribution in [1.82, 2.24) is 0 Å². The molecule has 1 rings (SSSR count). The second-order valence-electron chi connectivity index (χ2n) is 3.44. The van der Waals surface area contributed by atoms with Crippen LogP contribution in [0.1, 0.15) is 6.42 Å². The van der Waals surface area contributed by atoms with E-state index in [1.807, 2.05) is 0 Å². The third kappa shape index (κ3) is 6.20. The smallest absolute Gasteiger partial charge is 0.411 e. The number of halogens is 5. The van der Waals surface area contributed by atoms with Gasteiger partial charge in [-0.25, -0.2) is 4.39 Å². The summed E-state index contributed by atoms with van der Waals surface area (Å²) >= 11 is 3.16. The Hall–Kier alpha value is -0.820. The third-order valence-electron chi connectivity index (χ3n) is 1.85. The van der Waals surface area contributed by atoms with Crippen LogP contribution in [0.3, 0.4) is 0 Å². The van der Waals surface area contributed by atoms with Crippen LogP contribution in [0.4, 0.5) is 17.6 Å². The fourth-order valence-electron chi connectivity index (χ4n) is 1.12. The van der Waals surface area contributed by atoms with Crippen molar-refractivity contribution in [2.24, 2.45) is 0 Å². The third-order valence-corrected chi connectivity index (χ3v) is 2.34. The molecule has 0 saturated carbocycles. The number of alkyl halides is 3. The lowest BCUT2D eigenvalue weighted by Gasteiger charge is -2.09. The average molecular weight is 331 g/mol. The minimum Gasteiger partial charge on any atom is -0.490 e. The van der Waals surface area contributed by atoms with Crippen molar-refractivity contribution < 1.29 is 27.0 Å². The highest BCUT2D eigenvalue weighted by molar-refractivity contribution is 9.10. The highest BCUT2D eigenvalue weighted by Crippen LogP contribution is 2.22. The van der Waals surface area contributed by atoms with Crippen LogP contribution in [0.2, 0.25) is 0 Å². The fourth-order valence-corrected chi connectivity index (χ4v) is 1.46. The van der Waals surface area contributed by atoms with E-state index >= 15 is 0 Å². The molecule has 102 valence electrons. The van der Waals surface area contributed by atoms with Gasteiger partial charge < -0.3 is 9.47 Å². The maximum atomic E-state index is 13.2. The molecule has 0 bridgehead atoms. The van der Waals surface area contributed by atoms with Gasteiger partial charge in [0, 0.05) is 10.9 Å². The molecule has 0 N–H and O–H groups in total. The summed E-state index contributed by atoms with van der Waals surface area (Å²) < 4.78 is 58.4. The van der Waals surface area contributed by atoms with Crippen LogP contribution < -0.4 is 4.74 Å². The molecular weight excluding hydrogens is 320 g/mol. The van der Waals surface area contributed by atoms with E-state index in [4.69, 9.17) is 4.74 Å². The van der Waals surface area contributed by atoms with E-state index < -0.39 is 18.6 Å². The van der Waals surface area contributed by atoms with Gasteiger partial charge in [0.15, 0.2) is 11.6 Å². The lowest BCUT2D eigenvalue weighted by atomic mass is 10.3. The summed E-state index contributed by atoms with van der Waals surface area (Å²) in [5, 5.41) is 0. The van der Waals surface area contributed by atoms with E-state index in [0.717, 1.165) is 0 Å². The van der Waals surface area contributed by atoms with Gasteiger partial charge in [0.05, 0.1) is 13.2 Å². The molecule has 0 fully saturated rings. The minimum absolute atomic E-state index is 0.0557. The van der Waals surface area contributed by atoms with Gasteiger partial charge in [-0.3, -0.25) is 0 Å². The van der Waals surface area contributed by atoms with E-state index in [1.54, 1.807) is 0 Å². The Balaban J connectivity index is 2.20. The summed E-state index contributed by atoms with van der Waals surface area (Å²) in [6, 6.07) is 4.21. The lowest BCUT2D eigenvalue weighted by molar-refractivity contribution is -0.174. The standard InChI is InChI=1S/C11H11BrF4O2/c12-8-2-3-9(13)10(6-8)18-5-1-4-17-7-11(14,15)16/h2-3,6H,1,4-5,7H2. The predicted molar refractivity (Wildman–Crippen MR) is 61.1 cm³/mol. The number of hydrogen-bond acceptors (Lipinski definition) is 2. The van der Waals surface area contributed by atoms with Crippen LogP contribution in [-0.4, -0.2) is 26.0 Å². The van der Waals surface area contributed by atoms with Gasteiger partial charge in [-0.05, 0) is 18.2 Å². The molecular formula is C11H11BrF4O2. The van der Waals surface area contributed by atoms with Crippen molar-refractivity contribution in [2.75, 3.05) is 19.8 Å². The molecule has 0 radical (unpaired) electrons. The first-order valence-electron chi connectivity index (χ1n) is 5.11. The Bertz CT molecular complexity index is 382. The van der Waals surface area contributed by atoms with Gasteiger partial charge in [-0.2, -0.15) is 13.2 Å². The molecule has 0 unspecified atom stereocenters. The predicted octanol–water partition coefficient (Wildman–Crippen LogP) is 3.94. The van der Waals surface area contributed by atoms with Gasteiger partial charge in [-0.15, -0.1) is 0 Å². The molecule has 0 atom stereocenters. The van der Waals surface area contributed by atoms with Crippen LogP contribution in [0, 0.1) is 5.82 Å². The van der Waals surface area contributed by atoms with Crippen molar-refractivity contribution in [3.63, 3.8) is 0 Å². The number of hydrogen-bond donors (Lipinski definition) is 0. The first-order valence-corrected chi connectivity index (χ1v) is 5.90. The summed E-state index contributed by atoms with van der Waals surface area (Å²) in [6.45, 7) is -1.28. The summed E-state index contributed by atoms with van der Waals surface area (Å²) in [6.07, 6.45) is -4.07. The molecule has 0 aromatic heterocycles. The summed E-state index contributed by atoms with van der Waals surface area (Å²) in [4.78, 5) is 0. The van der Waals surface area contributed by atoms with Crippen LogP contribution in [-0.2, 0) is 4.74 Å². The Morgan fingerprint density at radius 1 is 1.17 bits per heavy atom. The molecule has 18 heavy (non-hydrogen) atoms. The second kappa shape index (κ2) is 6.94. The molecule has 7 heteroatoms. The van der Waals surface area contributed by atoms with Crippen molar-refractivity contribution in [1.29, 1.82) is 0 Å². The molecule has 0 aliphatic heterocycles. The average Bonchev–Trinajstić information content (AvgIpc) is 2.26. The molecule has 0 spiro atoms. The van der Waals surface area contributed by atoms with E-state index in [-0.39, 0.29) is 25.4 Å². The number of rotatable bonds is 6. The molecule has 0 amide bonds. The van der Waals surface area contributed by atoms with Crippen molar-refractivity contribution in [3.8, 4) is 5.75 Å². The van der Waals surface area contributed by atoms with Gasteiger partial charge >= 0.3 is 6.18 Å². The maximum Gasteiger partial charge on any atom is 0.411 e. The van der Waals surface area contributed by atoms with E-state index in [9.17, 15) is 17.6 Å². The van der Waals surface area contributed by atoms with Gasteiger partial charge in [0.1, 0.15) is 6.61 Å². The largest absolute Gasteiger partial charge is 0.490 e. The Kier molecular flexibility index (Phi) is 5.87. The summed E-state index contributed by atoms with van der Waals surface area (Å²) in [5.41, 5.74) is 0. The zero-order valence-corrected chi connectivity index (χ0v) is 10.9. The topological polar surface area (TPSA) is 18.5 Å². The Morgan fingerprint density at radius 3 is 2.56 bits per heavy atom. The zero-order valence-electron chi connectivity index (χ0n) is 9.27. The molecule has 0 saturated heterocycles. The van der Waals surface area contributed by atoms with Gasteiger partial charge in [0.2, 0.25) is 0 Å². The van der Waals surface area contributed by atoms with Crippen molar-refractivity contribution >= 4 is 15.9 Å². The normalized spacial score (nSPS) is 11.6. The molecule has 0 aliphatic carbocycles. The van der Waals surface area contributed by atoms with Crippen LogP contribution in [0.5, 0.6) is 5.75 Å².